The third-order valence-electron chi connectivity index (χ3n) is 5.29. The van der Waals surface area contributed by atoms with E-state index in [1.165, 1.54) is 77.0 Å². The first-order valence-electron chi connectivity index (χ1n) is 11.4. The third-order valence-corrected chi connectivity index (χ3v) is 5.53. The maximum atomic E-state index is 11.9. The van der Waals surface area contributed by atoms with Crippen LogP contribution in [0.2, 0.25) is 5.02 Å². The van der Waals surface area contributed by atoms with Crippen molar-refractivity contribution < 1.29 is 9.15 Å². The summed E-state index contributed by atoms with van der Waals surface area (Å²) in [5, 5.41) is 0.951. The molecule has 0 spiro atoms. The lowest BCUT2D eigenvalue weighted by atomic mass is 10.0. The lowest BCUT2D eigenvalue weighted by Gasteiger charge is -2.05. The van der Waals surface area contributed by atoms with E-state index in [0.717, 1.165) is 12.8 Å². The van der Waals surface area contributed by atoms with Crippen LogP contribution in [0, 0.1) is 0 Å². The number of halogens is 1. The molecule has 1 heterocycles. The van der Waals surface area contributed by atoms with Gasteiger partial charge in [-0.05, 0) is 24.6 Å². The normalized spacial score (nSPS) is 11.2. The summed E-state index contributed by atoms with van der Waals surface area (Å²) in [6.07, 6.45) is 18.5. The van der Waals surface area contributed by atoms with Crippen molar-refractivity contribution in [1.82, 2.24) is 4.98 Å². The van der Waals surface area contributed by atoms with Crippen LogP contribution in [0.4, 0.5) is 0 Å². The summed E-state index contributed by atoms with van der Waals surface area (Å²) in [4.78, 5) is 16.2. The second-order valence-electron chi connectivity index (χ2n) is 7.87. The summed E-state index contributed by atoms with van der Waals surface area (Å²) in [5.74, 6) is 0. The minimum atomic E-state index is -0.442. The van der Waals surface area contributed by atoms with Crippen LogP contribution in [0.15, 0.2) is 27.4 Å². The first-order valence-corrected chi connectivity index (χ1v) is 11.8. The van der Waals surface area contributed by atoms with Crippen LogP contribution in [0.25, 0.3) is 10.9 Å². The Kier molecular flexibility index (Phi) is 11.8. The standard InChI is InChI=1S/C24H36ClNO3/c1-2-3-4-5-6-7-8-9-10-11-12-13-14-15-18-28-24-26-22-19-20(25)16-17-21(22)23(27)29-24/h16-17,19H,2-15,18H2,1H3. The molecule has 4 nitrogen and oxygen atoms in total. The summed E-state index contributed by atoms with van der Waals surface area (Å²) >= 11 is 5.96. The third kappa shape index (κ3) is 9.66. The number of nitrogens with zero attached hydrogens (tertiary/aromatic N) is 1. The van der Waals surface area contributed by atoms with Crippen LogP contribution in [0.3, 0.4) is 0 Å². The molecule has 0 amide bonds. The summed E-state index contributed by atoms with van der Waals surface area (Å²) in [6.45, 7) is 2.78. The van der Waals surface area contributed by atoms with Crippen molar-refractivity contribution in [3.05, 3.63) is 33.6 Å². The maximum Gasteiger partial charge on any atom is 0.397 e. The van der Waals surface area contributed by atoms with Crippen LogP contribution in [-0.2, 0) is 0 Å². The van der Waals surface area contributed by atoms with Gasteiger partial charge in [0.05, 0.1) is 17.5 Å². The van der Waals surface area contributed by atoms with Crippen molar-refractivity contribution >= 4 is 22.5 Å². The zero-order valence-electron chi connectivity index (χ0n) is 17.9. The second-order valence-corrected chi connectivity index (χ2v) is 8.31. The summed E-state index contributed by atoms with van der Waals surface area (Å²) in [6, 6.07) is 4.92. The predicted molar refractivity (Wildman–Crippen MR) is 121 cm³/mol. The monoisotopic (exact) mass is 421 g/mol. The molecular formula is C24H36ClNO3. The number of hydrogen-bond donors (Lipinski definition) is 0. The van der Waals surface area contributed by atoms with E-state index in [1.807, 2.05) is 0 Å². The molecule has 0 aliphatic carbocycles. The van der Waals surface area contributed by atoms with E-state index in [2.05, 4.69) is 11.9 Å². The van der Waals surface area contributed by atoms with Crippen molar-refractivity contribution in [2.45, 2.75) is 96.8 Å². The molecule has 0 atom stereocenters. The van der Waals surface area contributed by atoms with Gasteiger partial charge in [0.2, 0.25) is 0 Å². The molecule has 0 bridgehead atoms. The minimum absolute atomic E-state index is 0.0273. The first kappa shape index (κ1) is 23.7. The highest BCUT2D eigenvalue weighted by atomic mass is 35.5. The average molecular weight is 422 g/mol. The van der Waals surface area contributed by atoms with E-state index in [0.29, 0.717) is 22.5 Å². The molecule has 0 radical (unpaired) electrons. The zero-order valence-corrected chi connectivity index (χ0v) is 18.6. The molecule has 2 aromatic rings. The molecule has 0 aliphatic heterocycles. The van der Waals surface area contributed by atoms with Gasteiger partial charge in [0.1, 0.15) is 0 Å². The Hall–Kier alpha value is -1.55. The first-order chi connectivity index (χ1) is 14.2. The Morgan fingerprint density at radius 1 is 0.862 bits per heavy atom. The summed E-state index contributed by atoms with van der Waals surface area (Å²) < 4.78 is 10.6. The maximum absolute atomic E-state index is 11.9. The van der Waals surface area contributed by atoms with Crippen molar-refractivity contribution in [3.8, 4) is 6.08 Å². The van der Waals surface area contributed by atoms with Crippen molar-refractivity contribution in [2.75, 3.05) is 6.61 Å². The van der Waals surface area contributed by atoms with E-state index in [1.54, 1.807) is 18.2 Å². The van der Waals surface area contributed by atoms with Gasteiger partial charge in [-0.3, -0.25) is 0 Å². The molecular weight excluding hydrogens is 386 g/mol. The van der Waals surface area contributed by atoms with Gasteiger partial charge in [-0.25, -0.2) is 4.79 Å². The molecule has 2 rings (SSSR count). The van der Waals surface area contributed by atoms with Crippen LogP contribution in [0.1, 0.15) is 96.8 Å². The minimum Gasteiger partial charge on any atom is -0.450 e. The Morgan fingerprint density at radius 2 is 1.41 bits per heavy atom. The fourth-order valence-electron chi connectivity index (χ4n) is 3.54. The van der Waals surface area contributed by atoms with Crippen molar-refractivity contribution in [2.24, 2.45) is 0 Å². The lowest BCUT2D eigenvalue weighted by Crippen LogP contribution is -2.06. The highest BCUT2D eigenvalue weighted by molar-refractivity contribution is 6.31. The Morgan fingerprint density at radius 3 is 2.00 bits per heavy atom. The SMILES string of the molecule is CCCCCCCCCCCCCCCCOc1nc2cc(Cl)ccc2c(=O)o1. The molecule has 0 aliphatic rings. The van der Waals surface area contributed by atoms with Gasteiger partial charge >= 0.3 is 11.7 Å². The number of hydrogen-bond acceptors (Lipinski definition) is 4. The highest BCUT2D eigenvalue weighted by Gasteiger charge is 2.07. The molecule has 0 N–H and O–H groups in total. The molecule has 162 valence electrons. The van der Waals surface area contributed by atoms with Gasteiger partial charge in [0.15, 0.2) is 0 Å². The van der Waals surface area contributed by atoms with E-state index in [-0.39, 0.29) is 6.08 Å². The largest absolute Gasteiger partial charge is 0.450 e. The van der Waals surface area contributed by atoms with Gasteiger partial charge < -0.3 is 9.15 Å². The van der Waals surface area contributed by atoms with Gasteiger partial charge in [0.25, 0.3) is 0 Å². The molecule has 29 heavy (non-hydrogen) atoms. The van der Waals surface area contributed by atoms with Crippen LogP contribution < -0.4 is 10.4 Å². The van der Waals surface area contributed by atoms with E-state index >= 15 is 0 Å². The molecule has 5 heteroatoms. The van der Waals surface area contributed by atoms with Crippen LogP contribution >= 0.6 is 11.6 Å². The summed E-state index contributed by atoms with van der Waals surface area (Å²) in [7, 11) is 0. The number of benzene rings is 1. The molecule has 1 aromatic carbocycles. The Labute approximate surface area is 180 Å². The zero-order chi connectivity index (χ0) is 20.7. The number of ether oxygens (including phenoxy) is 1. The molecule has 0 fully saturated rings. The summed E-state index contributed by atoms with van der Waals surface area (Å²) in [5.41, 5.74) is 0.0623. The second kappa shape index (κ2) is 14.4. The van der Waals surface area contributed by atoms with Crippen LogP contribution in [0.5, 0.6) is 6.08 Å². The number of unbranched alkanes of at least 4 members (excludes halogenated alkanes) is 13. The van der Waals surface area contributed by atoms with E-state index in [4.69, 9.17) is 20.8 Å². The highest BCUT2D eigenvalue weighted by Crippen LogP contribution is 2.18. The lowest BCUT2D eigenvalue weighted by molar-refractivity contribution is 0.211. The van der Waals surface area contributed by atoms with E-state index < -0.39 is 5.63 Å². The Balaban J connectivity index is 1.46. The van der Waals surface area contributed by atoms with E-state index in [9.17, 15) is 4.79 Å². The van der Waals surface area contributed by atoms with Gasteiger partial charge in [-0.2, -0.15) is 4.98 Å². The number of aromatic nitrogens is 1. The molecule has 1 aromatic heterocycles. The van der Waals surface area contributed by atoms with Gasteiger partial charge in [-0.15, -0.1) is 0 Å². The van der Waals surface area contributed by atoms with Gasteiger partial charge in [-0.1, -0.05) is 102 Å². The Bertz CT molecular complexity index is 759. The number of rotatable bonds is 16. The van der Waals surface area contributed by atoms with Crippen molar-refractivity contribution in [3.63, 3.8) is 0 Å². The smallest absolute Gasteiger partial charge is 0.397 e. The quantitative estimate of drug-likeness (QED) is 0.260. The predicted octanol–water partition coefficient (Wildman–Crippen LogP) is 7.70. The van der Waals surface area contributed by atoms with Gasteiger partial charge in [0, 0.05) is 5.02 Å². The topological polar surface area (TPSA) is 52.3 Å². The number of fused-ring (bicyclic) bond motifs is 1. The fraction of sp³-hybridized carbons (Fsp3) is 0.667. The molecule has 0 saturated heterocycles. The van der Waals surface area contributed by atoms with Crippen LogP contribution in [-0.4, -0.2) is 11.6 Å². The van der Waals surface area contributed by atoms with Crippen molar-refractivity contribution in [1.29, 1.82) is 0 Å². The molecule has 0 unspecified atom stereocenters. The molecule has 0 saturated carbocycles. The fourth-order valence-corrected chi connectivity index (χ4v) is 3.71. The average Bonchev–Trinajstić information content (AvgIpc) is 2.70.